The molecule has 37 heavy (non-hydrogen) atoms. The molecule has 0 aromatic rings. The third-order valence-electron chi connectivity index (χ3n) is 10.1. The number of ketones is 1. The Kier molecular flexibility index (Phi) is 7.27. The third-order valence-corrected chi connectivity index (χ3v) is 10.1. The van der Waals surface area contributed by atoms with Crippen LogP contribution in [0.5, 0.6) is 0 Å². The van der Waals surface area contributed by atoms with E-state index in [9.17, 15) is 24.3 Å². The molecule has 0 aromatic carbocycles. The number of nitrogens with zero attached hydrogens (tertiary/aromatic N) is 1. The second-order valence-corrected chi connectivity index (χ2v) is 11.9. The molecule has 0 aromatic heterocycles. The van der Waals surface area contributed by atoms with Crippen LogP contribution in [0.3, 0.4) is 0 Å². The summed E-state index contributed by atoms with van der Waals surface area (Å²) in [6.07, 6.45) is 8.43. The van der Waals surface area contributed by atoms with E-state index in [4.69, 9.17) is 15.7 Å². The highest BCUT2D eigenvalue weighted by Gasteiger charge is 2.65. The smallest absolute Gasteiger partial charge is 0.326 e. The lowest BCUT2D eigenvalue weighted by Gasteiger charge is -2.59. The van der Waals surface area contributed by atoms with Gasteiger partial charge in [0.25, 0.3) is 5.91 Å². The highest BCUT2D eigenvalue weighted by Crippen LogP contribution is 2.67. The van der Waals surface area contributed by atoms with E-state index in [1.165, 1.54) is 12.5 Å². The van der Waals surface area contributed by atoms with Gasteiger partial charge in [-0.2, -0.15) is 0 Å². The monoisotopic (exact) mass is 517 g/mol. The van der Waals surface area contributed by atoms with E-state index in [1.807, 2.05) is 0 Å². The quantitative estimate of drug-likeness (QED) is 0.357. The summed E-state index contributed by atoms with van der Waals surface area (Å²) in [5.41, 5.74) is 5.58. The molecular weight excluding hydrogens is 478 g/mol. The number of Topliss-reactive ketones (excluding diaryl/α,β-unsaturated/α-hetero) is 1. The summed E-state index contributed by atoms with van der Waals surface area (Å²) in [6.45, 7) is 5.53. The molecule has 5 N–H and O–H groups in total. The molecule has 0 heterocycles. The number of nitrogens with one attached hydrogen (secondary N) is 1. The van der Waals surface area contributed by atoms with E-state index in [-0.39, 0.29) is 16.6 Å². The molecule has 204 valence electrons. The summed E-state index contributed by atoms with van der Waals surface area (Å²) in [7, 11) is 0. The molecule has 4 rings (SSSR count). The number of aliphatic hydroxyl groups is 1. The van der Waals surface area contributed by atoms with Gasteiger partial charge in [-0.05, 0) is 87.5 Å². The van der Waals surface area contributed by atoms with Crippen molar-refractivity contribution in [1.82, 2.24) is 5.32 Å². The van der Waals surface area contributed by atoms with E-state index in [1.54, 1.807) is 0 Å². The Labute approximate surface area is 217 Å². The zero-order chi connectivity index (χ0) is 27.2. The van der Waals surface area contributed by atoms with Gasteiger partial charge in [0.2, 0.25) is 5.91 Å². The summed E-state index contributed by atoms with van der Waals surface area (Å²) >= 11 is 0. The summed E-state index contributed by atoms with van der Waals surface area (Å²) in [4.78, 5) is 51.8. The Morgan fingerprint density at radius 2 is 1.84 bits per heavy atom. The minimum atomic E-state index is -1.40. The lowest BCUT2D eigenvalue weighted by molar-refractivity contribution is -0.159. The number of carboxylic acids is 1. The van der Waals surface area contributed by atoms with Crippen LogP contribution in [0.15, 0.2) is 16.8 Å². The van der Waals surface area contributed by atoms with Crippen molar-refractivity contribution in [3.05, 3.63) is 11.6 Å². The van der Waals surface area contributed by atoms with Crippen molar-refractivity contribution < 1.29 is 34.2 Å². The number of rotatable bonds is 8. The van der Waals surface area contributed by atoms with E-state index in [0.717, 1.165) is 44.2 Å². The van der Waals surface area contributed by atoms with Crippen LogP contribution in [0.25, 0.3) is 0 Å². The van der Waals surface area contributed by atoms with Crippen molar-refractivity contribution in [3.63, 3.8) is 0 Å². The first-order valence-electron chi connectivity index (χ1n) is 13.3. The molecule has 10 nitrogen and oxygen atoms in total. The van der Waals surface area contributed by atoms with E-state index >= 15 is 0 Å². The SMILES string of the molecule is CC(=O)[C@]1(O)CC[C@@H]2[C@H]3CCC4=C/C(=N\OCC(=O)N[C@H](CC(N)=O)C(=O)O)CC[C@]4(C)[C@@H]3CC[C@@]21C. The largest absolute Gasteiger partial charge is 0.480 e. The van der Waals surface area contributed by atoms with Gasteiger partial charge in [0, 0.05) is 5.41 Å². The number of amides is 2. The average molecular weight is 518 g/mol. The standard InChI is InChI=1S/C27H39N3O7/c1-15(31)27(36)11-8-20-18-5-4-16-12-17(6-9-25(16,2)19(18)7-10-26(20,27)3)30-37-14-23(33)29-21(24(34)35)13-22(28)32/h12,18-21,36H,4-11,13-14H2,1-3H3,(H2,28,32)(H,29,33)(H,34,35)/b30-17-/t18-,19+,20+,21+,25-,26-,27+/m0/s1. The fraction of sp³-hybridized carbons (Fsp3) is 0.741. The third kappa shape index (κ3) is 4.69. The molecule has 3 saturated carbocycles. The maximum atomic E-state index is 12.4. The molecule has 0 radical (unpaired) electrons. The number of fused-ring (bicyclic) bond motifs is 5. The minimum absolute atomic E-state index is 0.0288. The molecule has 4 aliphatic rings. The Morgan fingerprint density at radius 1 is 1.14 bits per heavy atom. The molecule has 4 aliphatic carbocycles. The summed E-state index contributed by atoms with van der Waals surface area (Å²) in [5.74, 6) is -1.65. The summed E-state index contributed by atoms with van der Waals surface area (Å²) < 4.78 is 0. The van der Waals surface area contributed by atoms with Gasteiger partial charge in [-0.3, -0.25) is 14.4 Å². The van der Waals surface area contributed by atoms with Crippen molar-refractivity contribution in [2.24, 2.45) is 39.5 Å². The number of carboxylic acid groups (broad SMARTS) is 1. The number of hydrogen-bond donors (Lipinski definition) is 4. The van der Waals surface area contributed by atoms with Gasteiger partial charge in [-0.15, -0.1) is 0 Å². The van der Waals surface area contributed by atoms with Crippen LogP contribution in [0.4, 0.5) is 0 Å². The maximum Gasteiger partial charge on any atom is 0.326 e. The summed E-state index contributed by atoms with van der Waals surface area (Å²) in [5, 5.41) is 26.8. The Hall–Kier alpha value is -2.75. The minimum Gasteiger partial charge on any atom is -0.480 e. The van der Waals surface area contributed by atoms with E-state index in [0.29, 0.717) is 30.6 Å². The van der Waals surface area contributed by atoms with Gasteiger partial charge < -0.3 is 26.1 Å². The topological polar surface area (TPSA) is 168 Å². The van der Waals surface area contributed by atoms with E-state index < -0.39 is 42.5 Å². The first-order valence-corrected chi connectivity index (χ1v) is 13.3. The van der Waals surface area contributed by atoms with Gasteiger partial charge in [0.05, 0.1) is 12.1 Å². The predicted molar refractivity (Wildman–Crippen MR) is 134 cm³/mol. The van der Waals surface area contributed by atoms with Crippen molar-refractivity contribution >= 4 is 29.3 Å². The zero-order valence-electron chi connectivity index (χ0n) is 21.9. The number of allylic oxidation sites excluding steroid dienone is 2. The number of oxime groups is 1. The normalized spacial score (nSPS) is 38.4. The fourth-order valence-corrected chi connectivity index (χ4v) is 8.05. The van der Waals surface area contributed by atoms with Crippen molar-refractivity contribution in [3.8, 4) is 0 Å². The Morgan fingerprint density at radius 3 is 2.49 bits per heavy atom. The zero-order valence-corrected chi connectivity index (χ0v) is 21.9. The molecule has 0 bridgehead atoms. The van der Waals surface area contributed by atoms with Crippen LogP contribution >= 0.6 is 0 Å². The van der Waals surface area contributed by atoms with Gasteiger partial charge in [0.1, 0.15) is 11.6 Å². The van der Waals surface area contributed by atoms with Crippen LogP contribution in [0.1, 0.15) is 78.6 Å². The second-order valence-electron chi connectivity index (χ2n) is 11.9. The highest BCUT2D eigenvalue weighted by molar-refractivity contribution is 5.96. The molecular formula is C27H39N3O7. The van der Waals surface area contributed by atoms with Crippen molar-refractivity contribution in [2.75, 3.05) is 6.61 Å². The van der Waals surface area contributed by atoms with Gasteiger partial charge >= 0.3 is 5.97 Å². The van der Waals surface area contributed by atoms with Crippen LogP contribution in [0, 0.1) is 28.6 Å². The fourth-order valence-electron chi connectivity index (χ4n) is 8.05. The average Bonchev–Trinajstić information content (AvgIpc) is 3.10. The van der Waals surface area contributed by atoms with Gasteiger partial charge in [0.15, 0.2) is 12.4 Å². The lowest BCUT2D eigenvalue weighted by atomic mass is 9.46. The predicted octanol–water partition coefficient (Wildman–Crippen LogP) is 2.09. The lowest BCUT2D eigenvalue weighted by Crippen LogP contribution is -2.57. The first kappa shape index (κ1) is 27.3. The van der Waals surface area contributed by atoms with Gasteiger partial charge in [-0.25, -0.2) is 4.79 Å². The van der Waals surface area contributed by atoms with Crippen LogP contribution < -0.4 is 11.1 Å². The number of carbonyl (C=O) groups excluding carboxylic acids is 3. The van der Waals surface area contributed by atoms with Crippen molar-refractivity contribution in [1.29, 1.82) is 0 Å². The van der Waals surface area contributed by atoms with E-state index in [2.05, 4.69) is 30.4 Å². The number of nitrogens with two attached hydrogens (primary N) is 1. The second kappa shape index (κ2) is 9.85. The Balaban J connectivity index is 1.40. The molecule has 10 heteroatoms. The molecule has 0 saturated heterocycles. The van der Waals surface area contributed by atoms with Crippen LogP contribution in [0.2, 0.25) is 0 Å². The first-order chi connectivity index (χ1) is 17.3. The molecule has 3 fully saturated rings. The molecule has 2 amide bonds. The number of carbonyl (C=O) groups is 4. The summed E-state index contributed by atoms with van der Waals surface area (Å²) in [6, 6.07) is -1.40. The number of primary amides is 1. The molecule has 7 atom stereocenters. The Bertz CT molecular complexity index is 1050. The maximum absolute atomic E-state index is 12.4. The molecule has 0 spiro atoms. The van der Waals surface area contributed by atoms with Crippen molar-refractivity contribution in [2.45, 2.75) is 90.2 Å². The van der Waals surface area contributed by atoms with Crippen LogP contribution in [-0.4, -0.2) is 57.7 Å². The number of hydrogen-bond acceptors (Lipinski definition) is 7. The molecule has 0 aliphatic heterocycles. The highest BCUT2D eigenvalue weighted by atomic mass is 16.6. The number of aliphatic carboxylic acids is 1. The van der Waals surface area contributed by atoms with Crippen LogP contribution in [-0.2, 0) is 24.0 Å². The molecule has 0 unspecified atom stereocenters. The van der Waals surface area contributed by atoms with Gasteiger partial charge in [-0.1, -0.05) is 24.6 Å².